The number of hydrogen-bond acceptors (Lipinski definition) is 3. The van der Waals surface area contributed by atoms with Crippen molar-refractivity contribution in [2.75, 3.05) is 5.32 Å². The smallest absolute Gasteiger partial charge is 0.0992 e. The Morgan fingerprint density at radius 1 is 1.10 bits per heavy atom. The van der Waals surface area contributed by atoms with Crippen LogP contribution >= 0.6 is 15.9 Å². The molecule has 3 rings (SSSR count). The number of aromatic nitrogens is 1. The van der Waals surface area contributed by atoms with E-state index in [4.69, 9.17) is 5.26 Å². The third kappa shape index (κ3) is 3.04. The highest BCUT2D eigenvalue weighted by Gasteiger charge is 2.02. The van der Waals surface area contributed by atoms with Crippen LogP contribution in [0.1, 0.15) is 11.1 Å². The van der Waals surface area contributed by atoms with Gasteiger partial charge in [-0.05, 0) is 57.2 Å². The Balaban J connectivity index is 1.78. The van der Waals surface area contributed by atoms with Gasteiger partial charge in [0.2, 0.25) is 0 Å². The Morgan fingerprint density at radius 3 is 2.81 bits per heavy atom. The Morgan fingerprint density at radius 2 is 2.00 bits per heavy atom. The number of fused-ring (bicyclic) bond motifs is 1. The van der Waals surface area contributed by atoms with Crippen LogP contribution in [0.25, 0.3) is 10.8 Å². The van der Waals surface area contributed by atoms with E-state index in [1.165, 1.54) is 10.9 Å². The molecule has 1 heterocycles. The summed E-state index contributed by atoms with van der Waals surface area (Å²) in [6.07, 6.45) is 3.67. The van der Waals surface area contributed by atoms with E-state index in [0.717, 1.165) is 22.1 Å². The lowest BCUT2D eigenvalue weighted by atomic mass is 10.1. The average molecular weight is 338 g/mol. The van der Waals surface area contributed by atoms with Gasteiger partial charge in [0, 0.05) is 34.5 Å². The summed E-state index contributed by atoms with van der Waals surface area (Å²) in [5.74, 6) is 0. The van der Waals surface area contributed by atoms with Gasteiger partial charge in [-0.15, -0.1) is 0 Å². The minimum absolute atomic E-state index is 0.644. The van der Waals surface area contributed by atoms with Crippen LogP contribution in [0.4, 0.5) is 5.69 Å². The number of halogens is 1. The summed E-state index contributed by atoms with van der Waals surface area (Å²) in [4.78, 5) is 4.12. The number of nitrogens with one attached hydrogen (secondary N) is 1. The largest absolute Gasteiger partial charge is 0.380 e. The number of hydrogen-bond donors (Lipinski definition) is 1. The van der Waals surface area contributed by atoms with E-state index in [0.29, 0.717) is 5.56 Å². The van der Waals surface area contributed by atoms with Crippen molar-refractivity contribution in [1.82, 2.24) is 4.98 Å². The highest BCUT2D eigenvalue weighted by Crippen LogP contribution is 2.24. The van der Waals surface area contributed by atoms with Gasteiger partial charge in [-0.25, -0.2) is 0 Å². The van der Waals surface area contributed by atoms with Crippen LogP contribution in [-0.2, 0) is 6.54 Å². The molecule has 0 amide bonds. The fourth-order valence-corrected chi connectivity index (χ4v) is 2.69. The van der Waals surface area contributed by atoms with Crippen LogP contribution in [0.15, 0.2) is 59.3 Å². The van der Waals surface area contributed by atoms with Gasteiger partial charge in [0.15, 0.2) is 0 Å². The molecule has 102 valence electrons. The van der Waals surface area contributed by atoms with Crippen LogP contribution in [0, 0.1) is 11.3 Å². The van der Waals surface area contributed by atoms with Crippen molar-refractivity contribution in [1.29, 1.82) is 5.26 Å². The molecule has 0 aliphatic heterocycles. The Bertz CT molecular complexity index is 837. The molecule has 0 aliphatic rings. The molecule has 0 fully saturated rings. The molecule has 0 aliphatic carbocycles. The van der Waals surface area contributed by atoms with E-state index in [-0.39, 0.29) is 0 Å². The second-order valence-electron chi connectivity index (χ2n) is 4.72. The molecular formula is C17H12BrN3. The van der Waals surface area contributed by atoms with Crippen molar-refractivity contribution in [3.8, 4) is 6.07 Å². The maximum absolute atomic E-state index is 8.87. The predicted octanol–water partition coefficient (Wildman–Crippen LogP) is 4.48. The topological polar surface area (TPSA) is 48.7 Å². The molecule has 1 N–H and O–H groups in total. The molecule has 1 aromatic heterocycles. The number of benzene rings is 2. The quantitative estimate of drug-likeness (QED) is 0.766. The third-order valence-electron chi connectivity index (χ3n) is 3.29. The minimum Gasteiger partial charge on any atom is -0.380 e. The highest BCUT2D eigenvalue weighted by molar-refractivity contribution is 9.10. The molecule has 4 heteroatoms. The summed E-state index contributed by atoms with van der Waals surface area (Å²) in [7, 11) is 0. The van der Waals surface area contributed by atoms with Gasteiger partial charge < -0.3 is 5.32 Å². The zero-order valence-electron chi connectivity index (χ0n) is 11.2. The van der Waals surface area contributed by atoms with Crippen LogP contribution in [-0.4, -0.2) is 4.98 Å². The monoisotopic (exact) mass is 337 g/mol. The van der Waals surface area contributed by atoms with Crippen LogP contribution in [0.5, 0.6) is 0 Å². The first-order valence-electron chi connectivity index (χ1n) is 6.52. The number of pyridine rings is 1. The van der Waals surface area contributed by atoms with E-state index in [1.807, 2.05) is 24.4 Å². The summed E-state index contributed by atoms with van der Waals surface area (Å²) in [6, 6.07) is 16.0. The second kappa shape index (κ2) is 5.94. The number of nitrogens with zero attached hydrogens (tertiary/aromatic N) is 2. The maximum Gasteiger partial charge on any atom is 0.0992 e. The van der Waals surface area contributed by atoms with Crippen molar-refractivity contribution < 1.29 is 0 Å². The van der Waals surface area contributed by atoms with Gasteiger partial charge in [-0.3, -0.25) is 4.98 Å². The van der Waals surface area contributed by atoms with Gasteiger partial charge in [0.1, 0.15) is 0 Å². The van der Waals surface area contributed by atoms with Gasteiger partial charge in [0.25, 0.3) is 0 Å². The van der Waals surface area contributed by atoms with E-state index < -0.39 is 0 Å². The first-order chi connectivity index (χ1) is 10.3. The fraction of sp³-hybridized carbons (Fsp3) is 0.0588. The molecule has 3 aromatic rings. The third-order valence-corrected chi connectivity index (χ3v) is 3.94. The van der Waals surface area contributed by atoms with Crippen LogP contribution < -0.4 is 5.32 Å². The summed E-state index contributed by atoms with van der Waals surface area (Å²) >= 11 is 3.48. The van der Waals surface area contributed by atoms with Crippen molar-refractivity contribution in [3.63, 3.8) is 0 Å². The molecule has 0 saturated heterocycles. The Kier molecular flexibility index (Phi) is 3.85. The molecule has 0 atom stereocenters. The average Bonchev–Trinajstić information content (AvgIpc) is 2.53. The molecule has 0 bridgehead atoms. The summed E-state index contributed by atoms with van der Waals surface area (Å²) < 4.78 is 0.895. The van der Waals surface area contributed by atoms with E-state index >= 15 is 0 Å². The maximum atomic E-state index is 8.87. The van der Waals surface area contributed by atoms with Crippen molar-refractivity contribution in [2.24, 2.45) is 0 Å². The summed E-state index contributed by atoms with van der Waals surface area (Å²) in [6.45, 7) is 0.725. The zero-order chi connectivity index (χ0) is 14.7. The van der Waals surface area contributed by atoms with Gasteiger partial charge in [0.05, 0.1) is 11.6 Å². The fourth-order valence-electron chi connectivity index (χ4n) is 2.17. The van der Waals surface area contributed by atoms with Crippen LogP contribution in [0.3, 0.4) is 0 Å². The SMILES string of the molecule is N#Cc1ccc(NCc2ccc3cnccc3c2)c(Br)c1. The minimum atomic E-state index is 0.644. The molecule has 21 heavy (non-hydrogen) atoms. The molecular weight excluding hydrogens is 326 g/mol. The molecule has 2 aromatic carbocycles. The van der Waals surface area contributed by atoms with E-state index in [2.05, 4.69) is 50.5 Å². The van der Waals surface area contributed by atoms with Gasteiger partial charge >= 0.3 is 0 Å². The van der Waals surface area contributed by atoms with Crippen molar-refractivity contribution in [3.05, 3.63) is 70.5 Å². The van der Waals surface area contributed by atoms with E-state index in [9.17, 15) is 0 Å². The van der Waals surface area contributed by atoms with Crippen molar-refractivity contribution in [2.45, 2.75) is 6.54 Å². The first kappa shape index (κ1) is 13.6. The standard InChI is InChI=1S/C17H12BrN3/c18-16-8-12(9-19)2-4-17(16)21-10-13-1-3-15-11-20-6-5-14(15)7-13/h1-8,11,21H,10H2. The number of nitriles is 1. The Labute approximate surface area is 131 Å². The molecule has 0 radical (unpaired) electrons. The van der Waals surface area contributed by atoms with E-state index in [1.54, 1.807) is 12.3 Å². The highest BCUT2D eigenvalue weighted by atomic mass is 79.9. The lowest BCUT2D eigenvalue weighted by molar-refractivity contribution is 1.15. The number of rotatable bonds is 3. The molecule has 0 spiro atoms. The molecule has 0 saturated carbocycles. The lowest BCUT2D eigenvalue weighted by Crippen LogP contribution is -2.00. The summed E-state index contributed by atoms with van der Waals surface area (Å²) in [5.41, 5.74) is 2.82. The normalized spacial score (nSPS) is 10.3. The predicted molar refractivity (Wildman–Crippen MR) is 87.9 cm³/mol. The molecule has 0 unspecified atom stereocenters. The zero-order valence-corrected chi connectivity index (χ0v) is 12.8. The van der Waals surface area contributed by atoms with Crippen molar-refractivity contribution >= 4 is 32.4 Å². The van der Waals surface area contributed by atoms with Crippen LogP contribution in [0.2, 0.25) is 0 Å². The number of anilines is 1. The van der Waals surface area contributed by atoms with Gasteiger partial charge in [-0.2, -0.15) is 5.26 Å². The van der Waals surface area contributed by atoms with Gasteiger partial charge in [-0.1, -0.05) is 12.1 Å². The first-order valence-corrected chi connectivity index (χ1v) is 7.32. The second-order valence-corrected chi connectivity index (χ2v) is 5.57. The lowest BCUT2D eigenvalue weighted by Gasteiger charge is -2.09. The molecule has 3 nitrogen and oxygen atoms in total. The summed E-state index contributed by atoms with van der Waals surface area (Å²) in [5, 5.41) is 14.6. The Hall–Kier alpha value is -2.38.